The van der Waals surface area contributed by atoms with Gasteiger partial charge in [-0.3, -0.25) is 10.1 Å². The monoisotopic (exact) mass is 306 g/mol. The molecule has 0 aliphatic heterocycles. The van der Waals surface area contributed by atoms with Gasteiger partial charge in [0.2, 0.25) is 5.82 Å². The second kappa shape index (κ2) is 4.22. The lowest BCUT2D eigenvalue weighted by atomic mass is 10.3. The number of hydrogen-bond donors (Lipinski definition) is 2. The van der Waals surface area contributed by atoms with Gasteiger partial charge < -0.3 is 10.3 Å². The fourth-order valence-electron chi connectivity index (χ4n) is 1.45. The molecule has 0 aliphatic rings. The van der Waals surface area contributed by atoms with E-state index >= 15 is 0 Å². The number of nitrogens with two attached hydrogens (primary N) is 1. The highest BCUT2D eigenvalue weighted by molar-refractivity contribution is 9.10. The van der Waals surface area contributed by atoms with E-state index in [1.807, 2.05) is 6.07 Å². The molecule has 0 atom stereocenters. The van der Waals surface area contributed by atoms with Crippen molar-refractivity contribution in [2.75, 3.05) is 5.73 Å². The minimum atomic E-state index is 0.316. The molecular weight excluding hydrogens is 300 g/mol. The largest absolute Gasteiger partial charge is 0.383 e. The summed E-state index contributed by atoms with van der Waals surface area (Å²) in [7, 11) is 0. The Bertz CT molecular complexity index is 691. The minimum absolute atomic E-state index is 0.316. The van der Waals surface area contributed by atoms with Gasteiger partial charge in [0.15, 0.2) is 0 Å². The van der Waals surface area contributed by atoms with E-state index in [4.69, 9.17) is 10.3 Å². The van der Waals surface area contributed by atoms with Crippen LogP contribution in [0.15, 0.2) is 33.7 Å². The lowest BCUT2D eigenvalue weighted by Crippen LogP contribution is -1.87. The van der Waals surface area contributed by atoms with Crippen molar-refractivity contribution in [2.24, 2.45) is 0 Å². The standard InChI is InChI=1S/C10H7BrN6O/c11-6-1-5(2-13-3-6)9-15-10(18-17-9)7-4-14-16-8(7)12/h1-4H,(H3,12,14,16). The first-order valence-corrected chi connectivity index (χ1v) is 5.77. The Labute approximate surface area is 110 Å². The third-order valence-electron chi connectivity index (χ3n) is 2.29. The van der Waals surface area contributed by atoms with E-state index in [9.17, 15) is 0 Å². The van der Waals surface area contributed by atoms with Crippen LogP contribution in [-0.2, 0) is 0 Å². The van der Waals surface area contributed by atoms with Crippen LogP contribution < -0.4 is 5.73 Å². The highest BCUT2D eigenvalue weighted by atomic mass is 79.9. The third kappa shape index (κ3) is 1.86. The number of aromatic amines is 1. The van der Waals surface area contributed by atoms with Gasteiger partial charge >= 0.3 is 0 Å². The zero-order chi connectivity index (χ0) is 12.5. The van der Waals surface area contributed by atoms with Crippen molar-refractivity contribution in [2.45, 2.75) is 0 Å². The lowest BCUT2D eigenvalue weighted by Gasteiger charge is -1.93. The van der Waals surface area contributed by atoms with Gasteiger partial charge in [0.1, 0.15) is 11.4 Å². The van der Waals surface area contributed by atoms with Gasteiger partial charge in [0, 0.05) is 22.4 Å². The minimum Gasteiger partial charge on any atom is -0.383 e. The van der Waals surface area contributed by atoms with Crippen LogP contribution in [0.5, 0.6) is 0 Å². The van der Waals surface area contributed by atoms with E-state index in [1.165, 1.54) is 6.20 Å². The number of aromatic nitrogens is 5. The summed E-state index contributed by atoms with van der Waals surface area (Å²) in [6.07, 6.45) is 4.86. The molecule has 8 heteroatoms. The molecule has 0 aromatic carbocycles. The van der Waals surface area contributed by atoms with Crippen LogP contribution in [0.3, 0.4) is 0 Å². The van der Waals surface area contributed by atoms with Gasteiger partial charge in [-0.05, 0) is 22.0 Å². The molecule has 18 heavy (non-hydrogen) atoms. The van der Waals surface area contributed by atoms with Crippen LogP contribution in [0.1, 0.15) is 0 Å². The van der Waals surface area contributed by atoms with Crippen molar-refractivity contribution < 1.29 is 4.52 Å². The Morgan fingerprint density at radius 2 is 2.17 bits per heavy atom. The topological polar surface area (TPSA) is 107 Å². The molecule has 3 aromatic heterocycles. The average Bonchev–Trinajstić information content (AvgIpc) is 2.97. The smallest absolute Gasteiger partial charge is 0.263 e. The van der Waals surface area contributed by atoms with Crippen LogP contribution in [0.4, 0.5) is 5.82 Å². The molecule has 0 bridgehead atoms. The molecule has 3 N–H and O–H groups in total. The zero-order valence-corrected chi connectivity index (χ0v) is 10.5. The van der Waals surface area contributed by atoms with Crippen LogP contribution in [0.2, 0.25) is 0 Å². The van der Waals surface area contributed by atoms with Gasteiger partial charge in [0.25, 0.3) is 5.89 Å². The van der Waals surface area contributed by atoms with Crippen molar-refractivity contribution in [3.8, 4) is 22.8 Å². The summed E-state index contributed by atoms with van der Waals surface area (Å²) in [5.74, 6) is 1.15. The van der Waals surface area contributed by atoms with Crippen molar-refractivity contribution >= 4 is 21.7 Å². The molecule has 0 amide bonds. The van der Waals surface area contributed by atoms with E-state index < -0.39 is 0 Å². The number of hydrogen-bond acceptors (Lipinski definition) is 6. The number of nitrogen functional groups attached to an aromatic ring is 1. The van der Waals surface area contributed by atoms with Crippen molar-refractivity contribution in [1.29, 1.82) is 0 Å². The molecule has 0 unspecified atom stereocenters. The maximum Gasteiger partial charge on any atom is 0.263 e. The first kappa shape index (κ1) is 10.9. The molecule has 7 nitrogen and oxygen atoms in total. The molecule has 0 saturated carbocycles. The van der Waals surface area contributed by atoms with E-state index in [2.05, 4.69) is 41.3 Å². The summed E-state index contributed by atoms with van der Waals surface area (Å²) in [6, 6.07) is 1.85. The van der Waals surface area contributed by atoms with Gasteiger partial charge in [-0.15, -0.1) is 0 Å². The molecule has 0 aliphatic carbocycles. The number of rotatable bonds is 2. The summed E-state index contributed by atoms with van der Waals surface area (Å²) in [6.45, 7) is 0. The Hall–Kier alpha value is -2.22. The molecule has 0 spiro atoms. The normalized spacial score (nSPS) is 10.7. The predicted octanol–water partition coefficient (Wildman–Crippen LogP) is 1.87. The van der Waals surface area contributed by atoms with Crippen LogP contribution in [0.25, 0.3) is 22.8 Å². The van der Waals surface area contributed by atoms with Crippen LogP contribution in [0, 0.1) is 0 Å². The fraction of sp³-hybridized carbons (Fsp3) is 0. The van der Waals surface area contributed by atoms with Gasteiger partial charge in [-0.1, -0.05) is 5.16 Å². The molecule has 0 radical (unpaired) electrons. The molecule has 3 heterocycles. The Kier molecular flexibility index (Phi) is 2.56. The van der Waals surface area contributed by atoms with Gasteiger partial charge in [0.05, 0.1) is 6.20 Å². The summed E-state index contributed by atoms with van der Waals surface area (Å²) < 4.78 is 5.98. The Balaban J connectivity index is 2.02. The van der Waals surface area contributed by atoms with Crippen molar-refractivity contribution in [3.63, 3.8) is 0 Å². The second-order valence-corrected chi connectivity index (χ2v) is 4.43. The number of nitrogens with zero attached hydrogens (tertiary/aromatic N) is 4. The van der Waals surface area contributed by atoms with Gasteiger partial charge in [-0.2, -0.15) is 10.1 Å². The zero-order valence-electron chi connectivity index (χ0n) is 8.96. The Morgan fingerprint density at radius 3 is 2.89 bits per heavy atom. The van der Waals surface area contributed by atoms with Gasteiger partial charge in [-0.25, -0.2) is 0 Å². The summed E-state index contributed by atoms with van der Waals surface area (Å²) in [4.78, 5) is 8.28. The number of pyridine rings is 1. The lowest BCUT2D eigenvalue weighted by molar-refractivity contribution is 0.432. The second-order valence-electron chi connectivity index (χ2n) is 3.51. The predicted molar refractivity (Wildman–Crippen MR) is 67.2 cm³/mol. The summed E-state index contributed by atoms with van der Waals surface area (Å²) in [5, 5.41) is 10.3. The molecule has 0 fully saturated rings. The number of H-pyrrole nitrogens is 1. The quantitative estimate of drug-likeness (QED) is 0.748. The number of nitrogens with one attached hydrogen (secondary N) is 1. The SMILES string of the molecule is Nc1[nH]ncc1-c1nc(-c2cncc(Br)c2)no1. The van der Waals surface area contributed by atoms with Crippen molar-refractivity contribution in [3.05, 3.63) is 29.1 Å². The van der Waals surface area contributed by atoms with Crippen molar-refractivity contribution in [1.82, 2.24) is 25.3 Å². The van der Waals surface area contributed by atoms with E-state index in [0.717, 1.165) is 10.0 Å². The third-order valence-corrected chi connectivity index (χ3v) is 2.72. The highest BCUT2D eigenvalue weighted by Gasteiger charge is 2.14. The number of halogens is 1. The van der Waals surface area contributed by atoms with E-state index in [0.29, 0.717) is 23.1 Å². The number of anilines is 1. The fourth-order valence-corrected chi connectivity index (χ4v) is 1.82. The molecule has 3 rings (SSSR count). The first-order chi connectivity index (χ1) is 8.74. The Morgan fingerprint density at radius 1 is 1.28 bits per heavy atom. The average molecular weight is 307 g/mol. The molecule has 3 aromatic rings. The van der Waals surface area contributed by atoms with Crippen LogP contribution in [-0.4, -0.2) is 25.3 Å². The maximum atomic E-state index is 5.68. The summed E-state index contributed by atoms with van der Waals surface area (Å²) >= 11 is 3.33. The maximum absolute atomic E-state index is 5.68. The molecule has 90 valence electrons. The van der Waals surface area contributed by atoms with E-state index in [-0.39, 0.29) is 0 Å². The first-order valence-electron chi connectivity index (χ1n) is 4.98. The molecule has 0 saturated heterocycles. The highest BCUT2D eigenvalue weighted by Crippen LogP contribution is 2.25. The summed E-state index contributed by atoms with van der Waals surface area (Å²) in [5.41, 5.74) is 7.01. The molecular formula is C10H7BrN6O. The van der Waals surface area contributed by atoms with E-state index in [1.54, 1.807) is 12.4 Å². The van der Waals surface area contributed by atoms with Crippen LogP contribution >= 0.6 is 15.9 Å².